The molecule has 0 heterocycles. The van der Waals surface area contributed by atoms with Gasteiger partial charge in [0.05, 0.1) is 5.25 Å². The van der Waals surface area contributed by atoms with E-state index in [-0.39, 0.29) is 11.2 Å². The Morgan fingerprint density at radius 3 is 2.43 bits per heavy atom. The Bertz CT molecular complexity index is 412. The Labute approximate surface area is 133 Å². The lowest BCUT2D eigenvalue weighted by molar-refractivity contribution is -0.121. The van der Waals surface area contributed by atoms with Crippen LogP contribution in [-0.4, -0.2) is 17.2 Å². The largest absolute Gasteiger partial charge is 0.352 e. The highest BCUT2D eigenvalue weighted by Crippen LogP contribution is 2.20. The second-order valence-corrected chi connectivity index (χ2v) is 7.32. The van der Waals surface area contributed by atoms with Gasteiger partial charge in [0.1, 0.15) is 0 Å². The Morgan fingerprint density at radius 2 is 1.76 bits per heavy atom. The molecule has 0 spiro atoms. The van der Waals surface area contributed by atoms with E-state index in [1.165, 1.54) is 37.7 Å². The first-order valence-corrected chi connectivity index (χ1v) is 9.26. The molecule has 2 nitrogen and oxygen atoms in total. The van der Waals surface area contributed by atoms with Crippen molar-refractivity contribution in [3.05, 3.63) is 35.9 Å². The molecule has 1 fully saturated rings. The molecule has 0 aliphatic heterocycles. The Hall–Kier alpha value is -0.960. The van der Waals surface area contributed by atoms with Crippen molar-refractivity contribution < 1.29 is 4.79 Å². The van der Waals surface area contributed by atoms with Gasteiger partial charge in [-0.25, -0.2) is 0 Å². The summed E-state index contributed by atoms with van der Waals surface area (Å²) in [5.74, 6) is 1.11. The minimum atomic E-state index is 0.0237. The van der Waals surface area contributed by atoms with E-state index in [4.69, 9.17) is 0 Å². The number of carbonyl (C=O) groups is 1. The Morgan fingerprint density at radius 1 is 1.14 bits per heavy atom. The highest BCUT2D eigenvalue weighted by atomic mass is 32.2. The molecule has 0 saturated heterocycles. The molecule has 116 valence electrons. The molecular weight excluding hydrogens is 278 g/mol. The summed E-state index contributed by atoms with van der Waals surface area (Å²) in [6, 6.07) is 10.8. The fourth-order valence-corrected chi connectivity index (χ4v) is 3.64. The van der Waals surface area contributed by atoms with E-state index in [2.05, 4.69) is 29.6 Å². The standard InChI is InChI=1S/C18H27NOS/c1-15(21-14-16-10-6-5-7-11-16)18(20)19-17-12-8-3-2-4-9-13-17/h5-7,10-11,15,17H,2-4,8-9,12-14H2,1H3,(H,19,20)/t15-/m1/s1. The summed E-state index contributed by atoms with van der Waals surface area (Å²) in [4.78, 5) is 12.3. The van der Waals surface area contributed by atoms with Gasteiger partial charge in [-0.1, -0.05) is 62.4 Å². The van der Waals surface area contributed by atoms with Gasteiger partial charge in [-0.2, -0.15) is 0 Å². The van der Waals surface area contributed by atoms with E-state index in [0.717, 1.165) is 18.6 Å². The molecule has 0 radical (unpaired) electrons. The van der Waals surface area contributed by atoms with Gasteiger partial charge in [-0.15, -0.1) is 11.8 Å². The predicted molar refractivity (Wildman–Crippen MR) is 91.4 cm³/mol. The number of hydrogen-bond donors (Lipinski definition) is 1. The molecule has 1 aliphatic carbocycles. The molecule has 2 rings (SSSR count). The van der Waals surface area contributed by atoms with Crippen LogP contribution in [0.15, 0.2) is 30.3 Å². The van der Waals surface area contributed by atoms with Gasteiger partial charge < -0.3 is 5.32 Å². The van der Waals surface area contributed by atoms with Gasteiger partial charge in [0.15, 0.2) is 0 Å². The molecule has 1 aromatic rings. The number of hydrogen-bond acceptors (Lipinski definition) is 2. The average Bonchev–Trinajstić information content (AvgIpc) is 2.48. The first kappa shape index (κ1) is 16.4. The molecule has 1 saturated carbocycles. The summed E-state index contributed by atoms with van der Waals surface area (Å²) in [6.07, 6.45) is 8.84. The third kappa shape index (κ3) is 6.13. The summed E-state index contributed by atoms with van der Waals surface area (Å²) in [5.41, 5.74) is 1.29. The van der Waals surface area contributed by atoms with Crippen LogP contribution in [0.3, 0.4) is 0 Å². The molecule has 1 atom stereocenters. The van der Waals surface area contributed by atoms with Crippen molar-refractivity contribution >= 4 is 17.7 Å². The van der Waals surface area contributed by atoms with Gasteiger partial charge in [-0.3, -0.25) is 4.79 Å². The van der Waals surface area contributed by atoms with E-state index in [0.29, 0.717) is 6.04 Å². The van der Waals surface area contributed by atoms with Gasteiger partial charge >= 0.3 is 0 Å². The van der Waals surface area contributed by atoms with Crippen molar-refractivity contribution in [2.45, 2.75) is 68.9 Å². The van der Waals surface area contributed by atoms with Gasteiger partial charge in [0.2, 0.25) is 5.91 Å². The molecule has 1 amide bonds. The van der Waals surface area contributed by atoms with Crippen LogP contribution in [0.5, 0.6) is 0 Å². The minimum Gasteiger partial charge on any atom is -0.352 e. The molecular formula is C18H27NOS. The van der Waals surface area contributed by atoms with Crippen molar-refractivity contribution in [1.29, 1.82) is 0 Å². The second kappa shape index (κ2) is 9.14. The van der Waals surface area contributed by atoms with Crippen LogP contribution in [0, 0.1) is 0 Å². The van der Waals surface area contributed by atoms with Crippen molar-refractivity contribution in [2.24, 2.45) is 0 Å². The van der Waals surface area contributed by atoms with E-state index in [9.17, 15) is 4.79 Å². The predicted octanol–water partition coefficient (Wildman–Crippen LogP) is 4.54. The monoisotopic (exact) mass is 305 g/mol. The van der Waals surface area contributed by atoms with Crippen LogP contribution >= 0.6 is 11.8 Å². The normalized spacial score (nSPS) is 18.5. The summed E-state index contributed by atoms with van der Waals surface area (Å²) in [7, 11) is 0. The topological polar surface area (TPSA) is 29.1 Å². The average molecular weight is 305 g/mol. The molecule has 1 aromatic carbocycles. The van der Waals surface area contributed by atoms with Crippen molar-refractivity contribution in [3.63, 3.8) is 0 Å². The van der Waals surface area contributed by atoms with Crippen molar-refractivity contribution in [3.8, 4) is 0 Å². The van der Waals surface area contributed by atoms with Crippen LogP contribution in [-0.2, 0) is 10.5 Å². The van der Waals surface area contributed by atoms with Gasteiger partial charge in [0.25, 0.3) is 0 Å². The molecule has 0 aromatic heterocycles. The zero-order chi connectivity index (χ0) is 14.9. The van der Waals surface area contributed by atoms with E-state index < -0.39 is 0 Å². The van der Waals surface area contributed by atoms with E-state index in [1.807, 2.05) is 13.0 Å². The molecule has 21 heavy (non-hydrogen) atoms. The number of nitrogens with one attached hydrogen (secondary N) is 1. The molecule has 1 N–H and O–H groups in total. The SMILES string of the molecule is C[C@@H](SCc1ccccc1)C(=O)NC1CCCCCCC1. The summed E-state index contributed by atoms with van der Waals surface area (Å²) in [6.45, 7) is 2.02. The third-order valence-corrected chi connectivity index (χ3v) is 5.38. The molecule has 1 aliphatic rings. The lowest BCUT2D eigenvalue weighted by Crippen LogP contribution is -2.39. The van der Waals surface area contributed by atoms with Crippen LogP contribution in [0.4, 0.5) is 0 Å². The summed E-state index contributed by atoms with van der Waals surface area (Å²) >= 11 is 1.72. The maximum atomic E-state index is 12.3. The number of thioether (sulfide) groups is 1. The van der Waals surface area contributed by atoms with Crippen LogP contribution in [0.1, 0.15) is 57.4 Å². The first-order chi connectivity index (χ1) is 10.3. The van der Waals surface area contributed by atoms with E-state index >= 15 is 0 Å². The highest BCUT2D eigenvalue weighted by molar-refractivity contribution is 7.99. The lowest BCUT2D eigenvalue weighted by atomic mass is 9.97. The van der Waals surface area contributed by atoms with Gasteiger partial charge in [0, 0.05) is 11.8 Å². The number of carbonyl (C=O) groups excluding carboxylic acids is 1. The maximum Gasteiger partial charge on any atom is 0.233 e. The van der Waals surface area contributed by atoms with Crippen LogP contribution in [0.2, 0.25) is 0 Å². The first-order valence-electron chi connectivity index (χ1n) is 8.21. The number of rotatable bonds is 5. The quantitative estimate of drug-likeness (QED) is 0.865. The van der Waals surface area contributed by atoms with Gasteiger partial charge in [-0.05, 0) is 25.3 Å². The van der Waals surface area contributed by atoms with Crippen LogP contribution in [0.25, 0.3) is 0 Å². The number of benzene rings is 1. The fraction of sp³-hybridized carbons (Fsp3) is 0.611. The zero-order valence-electron chi connectivity index (χ0n) is 13.0. The lowest BCUT2D eigenvalue weighted by Gasteiger charge is -2.22. The zero-order valence-corrected chi connectivity index (χ0v) is 13.8. The number of amides is 1. The Kier molecular flexibility index (Phi) is 7.14. The van der Waals surface area contributed by atoms with Crippen molar-refractivity contribution in [1.82, 2.24) is 5.32 Å². The maximum absolute atomic E-state index is 12.3. The Balaban J connectivity index is 1.73. The van der Waals surface area contributed by atoms with Crippen LogP contribution < -0.4 is 5.32 Å². The summed E-state index contributed by atoms with van der Waals surface area (Å²) in [5, 5.41) is 3.29. The third-order valence-electron chi connectivity index (χ3n) is 4.16. The summed E-state index contributed by atoms with van der Waals surface area (Å²) < 4.78 is 0. The molecule has 3 heteroatoms. The smallest absolute Gasteiger partial charge is 0.233 e. The molecule has 0 unspecified atom stereocenters. The van der Waals surface area contributed by atoms with E-state index in [1.54, 1.807) is 11.8 Å². The second-order valence-electron chi connectivity index (χ2n) is 5.99. The molecule has 0 bridgehead atoms. The fourth-order valence-electron chi connectivity index (χ4n) is 2.79. The van der Waals surface area contributed by atoms with Crippen molar-refractivity contribution in [2.75, 3.05) is 0 Å². The minimum absolute atomic E-state index is 0.0237. The highest BCUT2D eigenvalue weighted by Gasteiger charge is 2.18.